The number of hydrogen-bond donors (Lipinski definition) is 1. The number of carbonyl (C=O) groups excluding carboxylic acids is 1. The van der Waals surface area contributed by atoms with Crippen LogP contribution >= 0.6 is 0 Å². The van der Waals surface area contributed by atoms with Crippen molar-refractivity contribution in [1.82, 2.24) is 9.88 Å². The van der Waals surface area contributed by atoms with Gasteiger partial charge >= 0.3 is 5.97 Å². The normalized spacial score (nSPS) is 14.7. The zero-order valence-electron chi connectivity index (χ0n) is 9.17. The molecule has 0 saturated carbocycles. The number of aromatic nitrogens is 1. The third-order valence-electron chi connectivity index (χ3n) is 2.58. The molecular formula is C12H12N2O3. The molecule has 0 atom stereocenters. The highest BCUT2D eigenvalue weighted by molar-refractivity contribution is 5.97. The topological polar surface area (TPSA) is 70.5 Å². The average molecular weight is 232 g/mol. The smallest absolute Gasteiger partial charge is 0.337 e. The van der Waals surface area contributed by atoms with Crippen LogP contribution in [0.15, 0.2) is 30.6 Å². The van der Waals surface area contributed by atoms with Crippen LogP contribution in [0.25, 0.3) is 0 Å². The molecule has 0 fully saturated rings. The Kier molecular flexibility index (Phi) is 3.18. The summed E-state index contributed by atoms with van der Waals surface area (Å²) in [6.45, 7) is 1.22. The third-order valence-corrected chi connectivity index (χ3v) is 2.58. The largest absolute Gasteiger partial charge is 0.478 e. The van der Waals surface area contributed by atoms with Crippen LogP contribution in [0, 0.1) is 0 Å². The van der Waals surface area contributed by atoms with Gasteiger partial charge in [-0.3, -0.25) is 9.78 Å². The molecule has 1 amide bonds. The summed E-state index contributed by atoms with van der Waals surface area (Å²) in [4.78, 5) is 28.3. The first-order chi connectivity index (χ1) is 8.18. The fraction of sp³-hybridized carbons (Fsp3) is 0.250. The molecule has 5 nitrogen and oxygen atoms in total. The van der Waals surface area contributed by atoms with E-state index in [1.807, 2.05) is 12.2 Å². The van der Waals surface area contributed by atoms with E-state index in [9.17, 15) is 9.59 Å². The summed E-state index contributed by atoms with van der Waals surface area (Å²) >= 11 is 0. The molecule has 0 aromatic carbocycles. The van der Waals surface area contributed by atoms with Crippen molar-refractivity contribution in [2.75, 3.05) is 13.1 Å². The molecule has 88 valence electrons. The molecule has 5 heteroatoms. The quantitative estimate of drug-likeness (QED) is 0.777. The minimum atomic E-state index is -1.08. The van der Waals surface area contributed by atoms with E-state index in [1.54, 1.807) is 4.90 Å². The lowest BCUT2D eigenvalue weighted by Crippen LogP contribution is -2.33. The minimum Gasteiger partial charge on any atom is -0.478 e. The van der Waals surface area contributed by atoms with Crippen LogP contribution < -0.4 is 0 Å². The predicted octanol–water partition coefficient (Wildman–Crippen LogP) is 1.18. The molecule has 1 aromatic rings. The Balaban J connectivity index is 2.21. The van der Waals surface area contributed by atoms with Crippen molar-refractivity contribution in [2.45, 2.75) is 6.42 Å². The van der Waals surface area contributed by atoms with E-state index in [4.69, 9.17) is 5.11 Å². The van der Waals surface area contributed by atoms with Crippen molar-refractivity contribution in [1.29, 1.82) is 0 Å². The molecule has 0 aliphatic carbocycles. The SMILES string of the molecule is O=C(O)c1cncc(C(=O)N2CC=CCC2)c1. The highest BCUT2D eigenvalue weighted by atomic mass is 16.4. The fourth-order valence-corrected chi connectivity index (χ4v) is 1.68. The van der Waals surface area contributed by atoms with Gasteiger partial charge in [-0.05, 0) is 12.5 Å². The molecule has 1 aliphatic rings. The second-order valence-electron chi connectivity index (χ2n) is 3.78. The maximum absolute atomic E-state index is 12.0. The maximum Gasteiger partial charge on any atom is 0.337 e. The van der Waals surface area contributed by atoms with Crippen LogP contribution in [0.1, 0.15) is 27.1 Å². The number of amides is 1. The Morgan fingerprint density at radius 2 is 2.00 bits per heavy atom. The number of aromatic carboxylic acids is 1. The van der Waals surface area contributed by atoms with Gasteiger partial charge in [-0.15, -0.1) is 0 Å². The van der Waals surface area contributed by atoms with E-state index in [1.165, 1.54) is 18.5 Å². The molecule has 17 heavy (non-hydrogen) atoms. The first-order valence-electron chi connectivity index (χ1n) is 5.31. The van der Waals surface area contributed by atoms with Gasteiger partial charge in [-0.2, -0.15) is 0 Å². The second kappa shape index (κ2) is 4.78. The lowest BCUT2D eigenvalue weighted by atomic mass is 10.1. The van der Waals surface area contributed by atoms with E-state index >= 15 is 0 Å². The van der Waals surface area contributed by atoms with Crippen molar-refractivity contribution in [3.63, 3.8) is 0 Å². The molecule has 0 radical (unpaired) electrons. The number of carboxylic acids is 1. The summed E-state index contributed by atoms with van der Waals surface area (Å²) in [5, 5.41) is 8.83. The minimum absolute atomic E-state index is 0.0309. The van der Waals surface area contributed by atoms with E-state index in [2.05, 4.69) is 4.98 Å². The van der Waals surface area contributed by atoms with E-state index in [-0.39, 0.29) is 11.5 Å². The van der Waals surface area contributed by atoms with Gasteiger partial charge in [0.2, 0.25) is 0 Å². The van der Waals surface area contributed by atoms with Crippen molar-refractivity contribution in [3.8, 4) is 0 Å². The lowest BCUT2D eigenvalue weighted by Gasteiger charge is -2.23. The summed E-state index contributed by atoms with van der Waals surface area (Å²) in [7, 11) is 0. The molecule has 0 bridgehead atoms. The summed E-state index contributed by atoms with van der Waals surface area (Å²) < 4.78 is 0. The molecule has 2 heterocycles. The van der Waals surface area contributed by atoms with Crippen LogP contribution in [0.4, 0.5) is 0 Å². The van der Waals surface area contributed by atoms with Crippen LogP contribution in [-0.2, 0) is 0 Å². The summed E-state index contributed by atoms with van der Waals surface area (Å²) in [5.41, 5.74) is 0.351. The molecule has 1 N–H and O–H groups in total. The number of pyridine rings is 1. The zero-order valence-corrected chi connectivity index (χ0v) is 9.17. The Bertz CT molecular complexity index is 482. The molecule has 0 unspecified atom stereocenters. The monoisotopic (exact) mass is 232 g/mol. The average Bonchev–Trinajstić information content (AvgIpc) is 2.39. The number of nitrogens with zero attached hydrogens (tertiary/aromatic N) is 2. The van der Waals surface area contributed by atoms with Crippen molar-refractivity contribution >= 4 is 11.9 Å². The number of rotatable bonds is 2. The van der Waals surface area contributed by atoms with Crippen molar-refractivity contribution < 1.29 is 14.7 Å². The van der Waals surface area contributed by atoms with Gasteiger partial charge in [0.25, 0.3) is 5.91 Å². The molecule has 1 aliphatic heterocycles. The van der Waals surface area contributed by atoms with E-state index in [0.29, 0.717) is 18.7 Å². The van der Waals surface area contributed by atoms with Crippen LogP contribution in [0.5, 0.6) is 0 Å². The molecule has 2 rings (SSSR count). The Morgan fingerprint density at radius 1 is 1.24 bits per heavy atom. The van der Waals surface area contributed by atoms with Crippen LogP contribution in [0.2, 0.25) is 0 Å². The van der Waals surface area contributed by atoms with Crippen LogP contribution in [0.3, 0.4) is 0 Å². The Hall–Kier alpha value is -2.17. The van der Waals surface area contributed by atoms with Crippen molar-refractivity contribution in [2.24, 2.45) is 0 Å². The zero-order chi connectivity index (χ0) is 12.3. The van der Waals surface area contributed by atoms with Crippen molar-refractivity contribution in [3.05, 3.63) is 41.7 Å². The number of carbonyl (C=O) groups is 2. The van der Waals surface area contributed by atoms with E-state index in [0.717, 1.165) is 6.42 Å². The standard InChI is InChI=1S/C12H12N2O3/c15-11(14-4-2-1-3-5-14)9-6-10(12(16)17)8-13-7-9/h1-2,6-8H,3-5H2,(H,16,17). The maximum atomic E-state index is 12.0. The van der Waals surface area contributed by atoms with Gasteiger partial charge < -0.3 is 10.0 Å². The number of carboxylic acid groups (broad SMARTS) is 1. The molecule has 0 saturated heterocycles. The van der Waals surface area contributed by atoms with Gasteiger partial charge in [0.1, 0.15) is 0 Å². The summed E-state index contributed by atoms with van der Waals surface area (Å²) in [6, 6.07) is 1.36. The first-order valence-corrected chi connectivity index (χ1v) is 5.31. The highest BCUT2D eigenvalue weighted by Crippen LogP contribution is 2.10. The van der Waals surface area contributed by atoms with Gasteiger partial charge in [0, 0.05) is 25.5 Å². The van der Waals surface area contributed by atoms with E-state index < -0.39 is 5.97 Å². The summed E-state index contributed by atoms with van der Waals surface area (Å²) in [6.07, 6.45) is 7.41. The molecular weight excluding hydrogens is 220 g/mol. The Labute approximate surface area is 98.4 Å². The highest BCUT2D eigenvalue weighted by Gasteiger charge is 2.17. The first kappa shape index (κ1) is 11.3. The van der Waals surface area contributed by atoms with Gasteiger partial charge in [0.05, 0.1) is 11.1 Å². The molecule has 0 spiro atoms. The Morgan fingerprint density at radius 3 is 2.65 bits per heavy atom. The van der Waals surface area contributed by atoms with Gasteiger partial charge in [-0.25, -0.2) is 4.79 Å². The lowest BCUT2D eigenvalue weighted by molar-refractivity contribution is 0.0696. The third kappa shape index (κ3) is 2.50. The predicted molar refractivity (Wildman–Crippen MR) is 60.9 cm³/mol. The second-order valence-corrected chi connectivity index (χ2v) is 3.78. The summed E-state index contributed by atoms with van der Waals surface area (Å²) in [5.74, 6) is -1.25. The fourth-order valence-electron chi connectivity index (χ4n) is 1.68. The van der Waals surface area contributed by atoms with Gasteiger partial charge in [-0.1, -0.05) is 12.2 Å². The van der Waals surface area contributed by atoms with Gasteiger partial charge in [0.15, 0.2) is 0 Å². The molecule has 1 aromatic heterocycles. The number of hydrogen-bond acceptors (Lipinski definition) is 3. The van der Waals surface area contributed by atoms with Crippen LogP contribution in [-0.4, -0.2) is 40.0 Å².